The molecule has 2 heterocycles. The van der Waals surface area contributed by atoms with Crippen molar-refractivity contribution in [1.29, 1.82) is 0 Å². The van der Waals surface area contributed by atoms with Crippen molar-refractivity contribution in [1.82, 2.24) is 23.6 Å². The van der Waals surface area contributed by atoms with Crippen molar-refractivity contribution in [2.75, 3.05) is 14.2 Å². The van der Waals surface area contributed by atoms with Gasteiger partial charge in [-0.25, -0.2) is 4.68 Å². The number of aromatic nitrogens is 4. The van der Waals surface area contributed by atoms with E-state index in [-0.39, 0.29) is 5.56 Å². The summed E-state index contributed by atoms with van der Waals surface area (Å²) in [4.78, 5) is 15.1. The number of ether oxygens (including phenoxy) is 1. The molecule has 0 spiro atoms. The topological polar surface area (TPSA) is 56.7 Å². The van der Waals surface area contributed by atoms with Crippen LogP contribution < -0.4 is 10.3 Å². The summed E-state index contributed by atoms with van der Waals surface area (Å²) in [5, 5.41) is 5.38. The van der Waals surface area contributed by atoms with Gasteiger partial charge in [-0.3, -0.25) is 18.7 Å². The summed E-state index contributed by atoms with van der Waals surface area (Å²) in [5.74, 6) is 1.42. The highest BCUT2D eigenvalue weighted by Crippen LogP contribution is 2.16. The molecule has 30 heavy (non-hydrogen) atoms. The van der Waals surface area contributed by atoms with Gasteiger partial charge in [0.05, 0.1) is 24.7 Å². The molecule has 0 atom stereocenters. The van der Waals surface area contributed by atoms with E-state index in [1.54, 1.807) is 16.4 Å². The van der Waals surface area contributed by atoms with E-state index < -0.39 is 0 Å². The molecule has 4 aromatic rings. The molecule has 0 fully saturated rings. The molecule has 0 saturated heterocycles. The summed E-state index contributed by atoms with van der Waals surface area (Å²) in [6, 6.07) is 15.6. The smallest absolute Gasteiger partial charge is 0.262 e. The Morgan fingerprint density at radius 1 is 1.17 bits per heavy atom. The van der Waals surface area contributed by atoms with E-state index >= 15 is 0 Å². The Labute approximate surface area is 179 Å². The lowest BCUT2D eigenvalue weighted by Crippen LogP contribution is -2.23. The summed E-state index contributed by atoms with van der Waals surface area (Å²) < 4.78 is 11.3. The first kappa shape index (κ1) is 20.3. The standard InChI is InChI=1S/C22H25N5O2S/c1-4-12-25-20(28)18-10-5-6-11-19(18)27-21(25)23-26(22(27)30)15-24(2)14-16-8-7-9-17(13-16)29-3/h5-11,13H,4,12,14-15H2,1-3H3. The summed E-state index contributed by atoms with van der Waals surface area (Å²) in [5.41, 5.74) is 1.90. The lowest BCUT2D eigenvalue weighted by molar-refractivity contribution is 0.244. The number of aryl methyl sites for hydroxylation is 1. The van der Waals surface area contributed by atoms with Crippen LogP contribution >= 0.6 is 12.2 Å². The fourth-order valence-corrected chi connectivity index (χ4v) is 4.02. The minimum absolute atomic E-state index is 0.0307. The van der Waals surface area contributed by atoms with Crippen molar-refractivity contribution >= 4 is 28.9 Å². The highest BCUT2D eigenvalue weighted by Gasteiger charge is 2.16. The van der Waals surface area contributed by atoms with Crippen molar-refractivity contribution in [3.63, 3.8) is 0 Å². The highest BCUT2D eigenvalue weighted by atomic mass is 32.1. The fourth-order valence-electron chi connectivity index (χ4n) is 3.75. The van der Waals surface area contributed by atoms with Crippen LogP contribution in [0.25, 0.3) is 16.7 Å². The number of fused-ring (bicyclic) bond motifs is 3. The van der Waals surface area contributed by atoms with Gasteiger partial charge in [0.1, 0.15) is 5.75 Å². The van der Waals surface area contributed by atoms with E-state index in [0.717, 1.165) is 29.8 Å². The van der Waals surface area contributed by atoms with Crippen LogP contribution in [0.3, 0.4) is 0 Å². The Kier molecular flexibility index (Phi) is 5.69. The summed E-state index contributed by atoms with van der Waals surface area (Å²) in [6.07, 6.45) is 0.837. The second-order valence-corrected chi connectivity index (χ2v) is 7.76. The van der Waals surface area contributed by atoms with E-state index in [1.165, 1.54) is 0 Å². The van der Waals surface area contributed by atoms with E-state index in [0.29, 0.717) is 29.1 Å². The average molecular weight is 424 g/mol. The summed E-state index contributed by atoms with van der Waals surface area (Å²) in [7, 11) is 3.68. The van der Waals surface area contributed by atoms with E-state index in [1.807, 2.05) is 60.8 Å². The number of methoxy groups -OCH3 is 1. The lowest BCUT2D eigenvalue weighted by atomic mass is 10.2. The number of benzene rings is 2. The fraction of sp³-hybridized carbons (Fsp3) is 0.318. The van der Waals surface area contributed by atoms with Crippen molar-refractivity contribution < 1.29 is 4.74 Å². The predicted octanol–water partition coefficient (Wildman–Crippen LogP) is 3.69. The molecular weight excluding hydrogens is 398 g/mol. The van der Waals surface area contributed by atoms with Gasteiger partial charge in [-0.15, -0.1) is 5.10 Å². The molecule has 0 unspecified atom stereocenters. The molecule has 0 N–H and O–H groups in total. The largest absolute Gasteiger partial charge is 0.497 e. The number of hydrogen-bond acceptors (Lipinski definition) is 5. The number of nitrogens with zero attached hydrogens (tertiary/aromatic N) is 5. The SMILES string of the molecule is CCCn1c(=O)c2ccccc2n2c(=S)n(CN(C)Cc3cccc(OC)c3)nc12. The van der Waals surface area contributed by atoms with Gasteiger partial charge in [0.25, 0.3) is 5.56 Å². The molecule has 0 aliphatic carbocycles. The maximum absolute atomic E-state index is 13.0. The lowest BCUT2D eigenvalue weighted by Gasteiger charge is -2.16. The Morgan fingerprint density at radius 3 is 2.73 bits per heavy atom. The monoisotopic (exact) mass is 423 g/mol. The molecule has 0 aliphatic rings. The molecule has 0 saturated carbocycles. The molecule has 2 aromatic carbocycles. The molecule has 0 aliphatic heterocycles. The molecule has 2 aromatic heterocycles. The van der Waals surface area contributed by atoms with Crippen molar-refractivity contribution in [3.05, 3.63) is 69.2 Å². The van der Waals surface area contributed by atoms with Gasteiger partial charge in [-0.05, 0) is 55.5 Å². The molecule has 4 rings (SSSR count). The molecule has 0 radical (unpaired) electrons. The van der Waals surface area contributed by atoms with Crippen LogP contribution in [0.4, 0.5) is 0 Å². The molecule has 156 valence electrons. The van der Waals surface area contributed by atoms with Gasteiger partial charge in [-0.2, -0.15) is 0 Å². The van der Waals surface area contributed by atoms with E-state index in [2.05, 4.69) is 11.0 Å². The molecule has 0 bridgehead atoms. The van der Waals surface area contributed by atoms with Crippen molar-refractivity contribution in [3.8, 4) is 5.75 Å². The zero-order valence-electron chi connectivity index (χ0n) is 17.4. The number of rotatable bonds is 7. The minimum atomic E-state index is -0.0307. The third-order valence-electron chi connectivity index (χ3n) is 5.09. The van der Waals surface area contributed by atoms with E-state index in [9.17, 15) is 4.79 Å². The maximum Gasteiger partial charge on any atom is 0.262 e. The Morgan fingerprint density at radius 2 is 1.97 bits per heavy atom. The quantitative estimate of drug-likeness (QED) is 0.425. The Hall–Kier alpha value is -2.97. The van der Waals surface area contributed by atoms with Gasteiger partial charge in [0, 0.05) is 13.1 Å². The Bertz CT molecular complexity index is 1320. The van der Waals surface area contributed by atoms with Gasteiger partial charge >= 0.3 is 0 Å². The van der Waals surface area contributed by atoms with Gasteiger partial charge in [-0.1, -0.05) is 31.2 Å². The molecule has 7 nitrogen and oxygen atoms in total. The summed E-state index contributed by atoms with van der Waals surface area (Å²) in [6.45, 7) is 3.87. The second-order valence-electron chi connectivity index (χ2n) is 7.40. The zero-order chi connectivity index (χ0) is 21.3. The number of hydrogen-bond donors (Lipinski definition) is 0. The first-order valence-corrected chi connectivity index (χ1v) is 10.4. The summed E-state index contributed by atoms with van der Waals surface area (Å²) >= 11 is 5.77. The van der Waals surface area contributed by atoms with Crippen molar-refractivity contribution in [2.45, 2.75) is 33.1 Å². The van der Waals surface area contributed by atoms with Crippen LogP contribution in [0.1, 0.15) is 18.9 Å². The minimum Gasteiger partial charge on any atom is -0.497 e. The molecule has 0 amide bonds. The van der Waals surface area contributed by atoms with Gasteiger partial charge in [0.15, 0.2) is 0 Å². The van der Waals surface area contributed by atoms with Gasteiger partial charge in [0.2, 0.25) is 10.5 Å². The first-order valence-electron chi connectivity index (χ1n) is 9.96. The third kappa shape index (κ3) is 3.64. The van der Waals surface area contributed by atoms with Crippen LogP contribution in [0.15, 0.2) is 53.3 Å². The van der Waals surface area contributed by atoms with E-state index in [4.69, 9.17) is 22.1 Å². The second kappa shape index (κ2) is 8.41. The highest BCUT2D eigenvalue weighted by molar-refractivity contribution is 7.71. The molecular formula is C22H25N5O2S. The zero-order valence-corrected chi connectivity index (χ0v) is 18.2. The van der Waals surface area contributed by atoms with Crippen LogP contribution in [0, 0.1) is 4.77 Å². The Balaban J connectivity index is 1.76. The number of para-hydroxylation sites is 1. The third-order valence-corrected chi connectivity index (χ3v) is 5.49. The van der Waals surface area contributed by atoms with Crippen LogP contribution in [0.5, 0.6) is 5.75 Å². The predicted molar refractivity (Wildman–Crippen MR) is 121 cm³/mol. The van der Waals surface area contributed by atoms with Crippen LogP contribution in [-0.4, -0.2) is 37.8 Å². The van der Waals surface area contributed by atoms with Gasteiger partial charge < -0.3 is 4.74 Å². The maximum atomic E-state index is 13.0. The van der Waals surface area contributed by atoms with Crippen LogP contribution in [-0.2, 0) is 19.8 Å². The average Bonchev–Trinajstić information content (AvgIpc) is 3.07. The normalized spacial score (nSPS) is 11.6. The molecule has 8 heteroatoms. The first-order chi connectivity index (χ1) is 14.5. The van der Waals surface area contributed by atoms with Crippen molar-refractivity contribution in [2.24, 2.45) is 0 Å². The van der Waals surface area contributed by atoms with Crippen LogP contribution in [0.2, 0.25) is 0 Å².